The number of amides is 1. The topological polar surface area (TPSA) is 158 Å². The molecular weight excluding hydrogens is 488 g/mol. The number of nitrogens with zero attached hydrogens (tertiary/aromatic N) is 5. The number of benzene rings is 1. The molecule has 13 heteroatoms. The van der Waals surface area contributed by atoms with Crippen molar-refractivity contribution in [3.05, 3.63) is 30.3 Å². The Bertz CT molecular complexity index is 1220. The van der Waals surface area contributed by atoms with Crippen molar-refractivity contribution in [2.24, 2.45) is 16.6 Å². The van der Waals surface area contributed by atoms with Crippen LogP contribution in [-0.4, -0.2) is 73.1 Å². The van der Waals surface area contributed by atoms with Gasteiger partial charge in [-0.2, -0.15) is 4.31 Å². The third-order valence-corrected chi connectivity index (χ3v) is 7.73. The van der Waals surface area contributed by atoms with Crippen molar-refractivity contribution >= 4 is 57.1 Å². The lowest BCUT2D eigenvalue weighted by atomic mass is 10.3. The number of amidine groups is 1. The van der Waals surface area contributed by atoms with Crippen LogP contribution >= 0.6 is 11.8 Å². The lowest BCUT2D eigenvalue weighted by Gasteiger charge is -2.34. The van der Waals surface area contributed by atoms with Gasteiger partial charge < -0.3 is 21.4 Å². The maximum atomic E-state index is 12.0. The monoisotopic (exact) mass is 516 g/mol. The molecule has 0 atom stereocenters. The molecule has 1 aliphatic heterocycles. The molecule has 2 aromatic rings. The van der Waals surface area contributed by atoms with Gasteiger partial charge in [0.25, 0.3) is 0 Å². The van der Waals surface area contributed by atoms with E-state index >= 15 is 0 Å². The maximum Gasteiger partial charge on any atom is 0.227 e. The van der Waals surface area contributed by atoms with Crippen LogP contribution in [0.2, 0.25) is 0 Å². The summed E-state index contributed by atoms with van der Waals surface area (Å²) in [6.45, 7) is 1.72. The highest BCUT2D eigenvalue weighted by atomic mass is 32.2. The van der Waals surface area contributed by atoms with E-state index in [2.05, 4.69) is 20.3 Å². The third kappa shape index (κ3) is 6.99. The van der Waals surface area contributed by atoms with E-state index in [0.717, 1.165) is 23.4 Å². The molecule has 35 heavy (non-hydrogen) atoms. The Hall–Kier alpha value is -3.03. The Kier molecular flexibility index (Phi) is 7.67. The van der Waals surface area contributed by atoms with Crippen LogP contribution in [0, 0.1) is 11.3 Å². The van der Waals surface area contributed by atoms with Gasteiger partial charge in [-0.15, -0.1) is 0 Å². The first-order valence-corrected chi connectivity index (χ1v) is 13.9. The number of rotatable bonds is 9. The van der Waals surface area contributed by atoms with Gasteiger partial charge in [0.05, 0.1) is 6.26 Å². The first kappa shape index (κ1) is 25.1. The fraction of sp³-hybridized carbons (Fsp3) is 0.409. The van der Waals surface area contributed by atoms with E-state index < -0.39 is 10.0 Å². The van der Waals surface area contributed by atoms with Crippen LogP contribution in [0.1, 0.15) is 19.3 Å². The van der Waals surface area contributed by atoms with E-state index in [1.165, 1.54) is 28.5 Å². The minimum atomic E-state index is -3.24. The first-order valence-electron chi connectivity index (χ1n) is 11.2. The van der Waals surface area contributed by atoms with Gasteiger partial charge in [0.1, 0.15) is 11.7 Å². The molecule has 11 nitrogen and oxygen atoms in total. The third-order valence-electron chi connectivity index (χ3n) is 5.56. The first-order chi connectivity index (χ1) is 16.7. The zero-order chi connectivity index (χ0) is 25.0. The van der Waals surface area contributed by atoms with E-state index in [1.807, 2.05) is 29.2 Å². The van der Waals surface area contributed by atoms with Crippen molar-refractivity contribution in [1.82, 2.24) is 14.3 Å². The zero-order valence-corrected chi connectivity index (χ0v) is 21.0. The van der Waals surface area contributed by atoms with Gasteiger partial charge in [-0.25, -0.2) is 23.4 Å². The summed E-state index contributed by atoms with van der Waals surface area (Å²) in [5.41, 5.74) is 6.65. The van der Waals surface area contributed by atoms with Crippen LogP contribution in [0.3, 0.4) is 0 Å². The van der Waals surface area contributed by atoms with Crippen LogP contribution in [0.4, 0.5) is 17.3 Å². The largest absolute Gasteiger partial charge is 0.387 e. The molecule has 0 radical (unpaired) electrons. The number of carbonyl (C=O) groups is 1. The van der Waals surface area contributed by atoms with Gasteiger partial charge in [0.15, 0.2) is 11.0 Å². The molecule has 186 valence electrons. The molecule has 2 heterocycles. The highest BCUT2D eigenvalue weighted by molar-refractivity contribution is 7.99. The number of aliphatic imine (C=N–C) groups is 1. The van der Waals surface area contributed by atoms with Crippen molar-refractivity contribution in [3.63, 3.8) is 0 Å². The van der Waals surface area contributed by atoms with E-state index in [4.69, 9.17) is 11.1 Å². The van der Waals surface area contributed by atoms with Gasteiger partial charge in [0, 0.05) is 61.4 Å². The minimum absolute atomic E-state index is 0.0578. The Morgan fingerprint density at radius 2 is 1.91 bits per heavy atom. The summed E-state index contributed by atoms with van der Waals surface area (Å²) in [7, 11) is -3.24. The Labute approximate surface area is 208 Å². The smallest absolute Gasteiger partial charge is 0.227 e. The number of nitrogens with two attached hydrogens (primary N) is 1. The van der Waals surface area contributed by atoms with E-state index in [-0.39, 0.29) is 24.1 Å². The molecule has 2 aliphatic rings. The molecule has 1 aromatic heterocycles. The van der Waals surface area contributed by atoms with Gasteiger partial charge in [-0.3, -0.25) is 4.79 Å². The second-order valence-corrected chi connectivity index (χ2v) is 11.4. The normalized spacial score (nSPS) is 17.3. The fourth-order valence-corrected chi connectivity index (χ4v) is 5.10. The number of aromatic nitrogens is 2. The zero-order valence-electron chi connectivity index (χ0n) is 19.3. The molecule has 2 fully saturated rings. The van der Waals surface area contributed by atoms with E-state index in [9.17, 15) is 13.2 Å². The van der Waals surface area contributed by atoms with Crippen LogP contribution < -0.4 is 16.0 Å². The molecular formula is C22H28N8O3S2. The van der Waals surface area contributed by atoms with E-state index in [0.29, 0.717) is 43.0 Å². The number of hydrogen-bond acceptors (Lipinski definition) is 9. The Morgan fingerprint density at radius 3 is 2.51 bits per heavy atom. The molecule has 4 N–H and O–H groups in total. The summed E-state index contributed by atoms with van der Waals surface area (Å²) in [5.74, 6) is 1.46. The quantitative estimate of drug-likeness (QED) is 0.260. The molecule has 1 amide bonds. The van der Waals surface area contributed by atoms with Crippen molar-refractivity contribution in [3.8, 4) is 0 Å². The predicted octanol–water partition coefficient (Wildman–Crippen LogP) is 2.09. The summed E-state index contributed by atoms with van der Waals surface area (Å²) in [5, 5.41) is 10.6. The Balaban J connectivity index is 1.53. The molecule has 0 unspecified atom stereocenters. The highest BCUT2D eigenvalue weighted by Crippen LogP contribution is 2.32. The summed E-state index contributed by atoms with van der Waals surface area (Å²) in [6, 6.07) is 9.18. The van der Waals surface area contributed by atoms with Crippen LogP contribution in [0.25, 0.3) is 0 Å². The molecule has 0 bridgehead atoms. The number of nitrogens with one attached hydrogen (secondary N) is 2. The summed E-state index contributed by atoms with van der Waals surface area (Å²) in [6.07, 6.45) is 4.49. The second kappa shape index (κ2) is 10.7. The summed E-state index contributed by atoms with van der Waals surface area (Å²) >= 11 is 1.35. The molecule has 1 aromatic carbocycles. The van der Waals surface area contributed by atoms with Crippen LogP contribution in [0.5, 0.6) is 0 Å². The van der Waals surface area contributed by atoms with Crippen LogP contribution in [-0.2, 0) is 14.8 Å². The average molecular weight is 517 g/mol. The van der Waals surface area contributed by atoms with Crippen molar-refractivity contribution in [1.29, 1.82) is 5.41 Å². The highest BCUT2D eigenvalue weighted by Gasteiger charge is 2.29. The molecule has 4 rings (SSSR count). The number of anilines is 2. The fourth-order valence-electron chi connectivity index (χ4n) is 3.51. The Morgan fingerprint density at radius 1 is 1.23 bits per heavy atom. The summed E-state index contributed by atoms with van der Waals surface area (Å²) in [4.78, 5) is 28.4. The van der Waals surface area contributed by atoms with Crippen molar-refractivity contribution in [2.45, 2.75) is 29.3 Å². The van der Waals surface area contributed by atoms with Crippen molar-refractivity contribution < 1.29 is 13.2 Å². The predicted molar refractivity (Wildman–Crippen MR) is 137 cm³/mol. The van der Waals surface area contributed by atoms with Gasteiger partial charge in [0.2, 0.25) is 15.9 Å². The van der Waals surface area contributed by atoms with Crippen LogP contribution in [0.15, 0.2) is 45.4 Å². The lowest BCUT2D eigenvalue weighted by molar-refractivity contribution is -0.117. The lowest BCUT2D eigenvalue weighted by Crippen LogP contribution is -2.48. The van der Waals surface area contributed by atoms with Gasteiger partial charge in [-0.05, 0) is 48.9 Å². The number of hydrogen-bond donors (Lipinski definition) is 3. The molecule has 1 aliphatic carbocycles. The van der Waals surface area contributed by atoms with Crippen molar-refractivity contribution in [2.75, 3.05) is 42.7 Å². The standard InChI is InChI=1S/C22H28N8O3S2/c1-35(32,33)30-12-10-29(11-13-30)20-14-19(26-18(24)8-9-23)27-22(28-20)34-17-6-4-16(5-7-17)25-21(31)15-2-3-15/h4-7,9,14-15,23H,2-3,8,10-13H2,1H3,(H,25,31)(H2,24,26,27,28). The molecule has 1 saturated heterocycles. The number of piperazine rings is 1. The number of sulfonamides is 1. The molecule has 1 saturated carbocycles. The number of carbonyl (C=O) groups excluding carboxylic acids is 1. The van der Waals surface area contributed by atoms with Gasteiger partial charge >= 0.3 is 0 Å². The minimum Gasteiger partial charge on any atom is -0.387 e. The second-order valence-electron chi connectivity index (χ2n) is 8.42. The van der Waals surface area contributed by atoms with Gasteiger partial charge in [-0.1, -0.05) is 0 Å². The average Bonchev–Trinajstić information content (AvgIpc) is 3.66. The summed E-state index contributed by atoms with van der Waals surface area (Å²) < 4.78 is 25.1. The maximum absolute atomic E-state index is 12.0. The van der Waals surface area contributed by atoms with E-state index in [1.54, 1.807) is 6.07 Å². The molecule has 0 spiro atoms. The SMILES string of the molecule is CS(=O)(=O)N1CCN(c2cc(N=C(N)CC=N)nc(Sc3ccc(NC(=O)C4CC4)cc3)n2)CC1.